The number of carboxylic acids is 1. The van der Waals surface area contributed by atoms with Crippen LogP contribution < -0.4 is 19.7 Å². The first-order chi connectivity index (χ1) is 15.9. The van der Waals surface area contributed by atoms with Crippen LogP contribution in [0, 0.1) is 11.3 Å². The van der Waals surface area contributed by atoms with Gasteiger partial charge in [-0.2, -0.15) is 5.26 Å². The lowest BCUT2D eigenvalue weighted by atomic mass is 10.1. The lowest BCUT2D eigenvalue weighted by Gasteiger charge is -2.19. The smallest absolute Gasteiger partial charge is 0.323 e. The van der Waals surface area contributed by atoms with Crippen LogP contribution in [0.3, 0.4) is 0 Å². The molecule has 3 rings (SSSR count). The Labute approximate surface area is 183 Å². The summed E-state index contributed by atoms with van der Waals surface area (Å²) in [6, 6.07) is 10.3. The van der Waals surface area contributed by atoms with Gasteiger partial charge in [0.15, 0.2) is 0 Å². The number of nitrogens with zero attached hydrogens (tertiary/aromatic N) is 3. The van der Waals surface area contributed by atoms with Crippen molar-refractivity contribution in [3.63, 3.8) is 0 Å². The molecule has 0 aliphatic carbocycles. The Balaban J connectivity index is 2.06. The number of carbonyl (C=O) groups is 2. The summed E-state index contributed by atoms with van der Waals surface area (Å²) in [4.78, 5) is 35.2. The molecule has 3 aromatic rings. The number of aromatic nitrogens is 1. The Bertz CT molecular complexity index is 1300. The number of carbonyl (C=O) groups excluding carboxylic acids is 1. The molecule has 0 aliphatic heterocycles. The van der Waals surface area contributed by atoms with Crippen LogP contribution in [-0.2, 0) is 16.1 Å². The third kappa shape index (κ3) is 4.38. The van der Waals surface area contributed by atoms with E-state index in [1.807, 2.05) is 0 Å². The molecule has 1 N–H and O–H groups in total. The number of anilines is 1. The van der Waals surface area contributed by atoms with Gasteiger partial charge in [-0.1, -0.05) is 18.2 Å². The fraction of sp³-hybridized carbons (Fsp3) is 0.0952. The summed E-state index contributed by atoms with van der Waals surface area (Å²) >= 11 is 0. The van der Waals surface area contributed by atoms with E-state index < -0.39 is 40.4 Å². The predicted octanol–water partition coefficient (Wildman–Crippen LogP) is 4.09. The number of benzene rings is 2. The van der Waals surface area contributed by atoms with E-state index in [-0.39, 0.29) is 6.54 Å². The van der Waals surface area contributed by atoms with Crippen LogP contribution in [0.5, 0.6) is 17.2 Å². The Kier molecular flexibility index (Phi) is 6.73. The molecule has 1 heterocycles. The summed E-state index contributed by atoms with van der Waals surface area (Å²) < 4.78 is 39.9. The van der Waals surface area contributed by atoms with E-state index in [2.05, 4.69) is 14.8 Å². The van der Waals surface area contributed by atoms with Gasteiger partial charge < -0.3 is 14.6 Å². The van der Waals surface area contributed by atoms with E-state index in [4.69, 9.17) is 5.11 Å². The molecule has 0 saturated carbocycles. The summed E-state index contributed by atoms with van der Waals surface area (Å²) in [6.45, 7) is -0.351. The molecule has 0 unspecified atom stereocenters. The average molecular weight is 461 g/mol. The third-order valence-electron chi connectivity index (χ3n) is 4.73. The number of carboxylic acid groups (broad SMARTS) is 1. The molecule has 0 radical (unpaired) electrons. The van der Waals surface area contributed by atoms with Crippen molar-refractivity contribution in [2.24, 2.45) is 0 Å². The fourth-order valence-electron chi connectivity index (χ4n) is 3.26. The first kappa shape index (κ1) is 23.0. The van der Waals surface area contributed by atoms with Crippen molar-refractivity contribution in [3.05, 3.63) is 53.7 Å². The highest BCUT2D eigenvalue weighted by molar-refractivity contribution is 6.12. The van der Waals surface area contributed by atoms with Crippen molar-refractivity contribution in [2.75, 3.05) is 11.9 Å². The maximum absolute atomic E-state index is 13.1. The minimum atomic E-state index is -1.10. The molecule has 0 bridgehead atoms. The Morgan fingerprint density at radius 1 is 1.12 bits per heavy atom. The van der Waals surface area contributed by atoms with Crippen molar-refractivity contribution in [2.45, 2.75) is 6.54 Å². The molecule has 0 aliphatic rings. The molecule has 1 amide bonds. The average Bonchev–Trinajstić information content (AvgIpc) is 3.16. The minimum Gasteiger partial charge on any atom is -0.480 e. The Hall–Kier alpha value is -4.66. The minimum absolute atomic E-state index is 0.351. The number of nitriles is 1. The lowest BCUT2D eigenvalue weighted by Crippen LogP contribution is -2.27. The Morgan fingerprint density at radius 2 is 1.82 bits per heavy atom. The van der Waals surface area contributed by atoms with Crippen LogP contribution in [0.1, 0.15) is 5.56 Å². The van der Waals surface area contributed by atoms with Crippen molar-refractivity contribution in [3.8, 4) is 23.3 Å². The van der Waals surface area contributed by atoms with Crippen LogP contribution in [-0.4, -0.2) is 28.6 Å². The number of halogens is 3. The molecular formula is C21H14F3N3O6. The van der Waals surface area contributed by atoms with Gasteiger partial charge in [0.1, 0.15) is 18.2 Å². The summed E-state index contributed by atoms with van der Waals surface area (Å²) in [5.74, 6) is -5.00. The number of aliphatic carboxylic acids is 1. The Morgan fingerprint density at radius 3 is 2.42 bits per heavy atom. The van der Waals surface area contributed by atoms with E-state index in [0.717, 1.165) is 24.1 Å². The topological polar surface area (TPSA) is 114 Å². The molecule has 0 atom stereocenters. The van der Waals surface area contributed by atoms with E-state index in [9.17, 15) is 28.4 Å². The molecule has 170 valence electrons. The standard InChI is InChI=1S/C21H14F3N3O6/c1-26(16-6-7-17(31-22)20(33-24)19(16)32-23)21(30)12(9-25)8-13-10-27(11-18(28)29)15-5-3-2-4-14(13)15/h2-8,10H,11H2,1H3,(H,28,29)/b12-8+. The van der Waals surface area contributed by atoms with Gasteiger partial charge in [0, 0.05) is 43.3 Å². The second-order valence-electron chi connectivity index (χ2n) is 6.63. The highest BCUT2D eigenvalue weighted by Gasteiger charge is 2.27. The van der Waals surface area contributed by atoms with Gasteiger partial charge in [0.05, 0.1) is 5.69 Å². The number of para-hydroxylation sites is 1. The van der Waals surface area contributed by atoms with Crippen LogP contribution in [0.25, 0.3) is 17.0 Å². The first-order valence-electron chi connectivity index (χ1n) is 9.08. The van der Waals surface area contributed by atoms with Crippen LogP contribution in [0.2, 0.25) is 0 Å². The SMILES string of the molecule is CN(C(=O)/C(C#N)=C/c1cn(CC(=O)O)c2ccccc12)c1ccc(OF)c(OF)c1OF. The molecule has 2 aromatic carbocycles. The largest absolute Gasteiger partial charge is 0.480 e. The number of hydrogen-bond acceptors (Lipinski definition) is 6. The van der Waals surface area contributed by atoms with E-state index in [1.165, 1.54) is 16.8 Å². The number of amides is 1. The van der Waals surface area contributed by atoms with Crippen LogP contribution >= 0.6 is 0 Å². The number of likely N-dealkylation sites (N-methyl/N-ethyl adjacent to an activating group) is 1. The summed E-state index contributed by atoms with van der Waals surface area (Å²) in [5, 5.41) is 19.3. The monoisotopic (exact) mass is 461 g/mol. The van der Waals surface area contributed by atoms with Crippen molar-refractivity contribution in [1.29, 1.82) is 5.26 Å². The summed E-state index contributed by atoms with van der Waals surface area (Å²) in [7, 11) is 1.14. The predicted molar refractivity (Wildman–Crippen MR) is 108 cm³/mol. The van der Waals surface area contributed by atoms with Gasteiger partial charge in [-0.25, -0.2) is 0 Å². The molecular weight excluding hydrogens is 447 g/mol. The normalized spacial score (nSPS) is 11.1. The first-order valence-corrected chi connectivity index (χ1v) is 9.08. The van der Waals surface area contributed by atoms with Crippen molar-refractivity contribution in [1.82, 2.24) is 4.57 Å². The van der Waals surface area contributed by atoms with Gasteiger partial charge in [-0.05, 0) is 24.3 Å². The summed E-state index contributed by atoms with van der Waals surface area (Å²) in [6.07, 6.45) is 2.68. The molecule has 0 fully saturated rings. The van der Waals surface area contributed by atoms with Crippen molar-refractivity contribution >= 4 is 34.5 Å². The molecule has 33 heavy (non-hydrogen) atoms. The van der Waals surface area contributed by atoms with E-state index in [1.54, 1.807) is 30.3 Å². The van der Waals surface area contributed by atoms with Gasteiger partial charge in [0.25, 0.3) is 11.7 Å². The van der Waals surface area contributed by atoms with Gasteiger partial charge in [-0.15, -0.1) is 0 Å². The van der Waals surface area contributed by atoms with E-state index >= 15 is 0 Å². The number of fused-ring (bicyclic) bond motifs is 1. The zero-order valence-corrected chi connectivity index (χ0v) is 16.8. The highest BCUT2D eigenvalue weighted by Crippen LogP contribution is 2.45. The van der Waals surface area contributed by atoms with E-state index in [0.29, 0.717) is 16.5 Å². The van der Waals surface area contributed by atoms with Crippen LogP contribution in [0.15, 0.2) is 48.2 Å². The molecule has 0 saturated heterocycles. The second kappa shape index (κ2) is 9.65. The zero-order valence-electron chi connectivity index (χ0n) is 16.8. The second-order valence-corrected chi connectivity index (χ2v) is 6.63. The molecule has 12 heteroatoms. The maximum atomic E-state index is 13.1. The number of rotatable bonds is 8. The molecule has 0 spiro atoms. The maximum Gasteiger partial charge on any atom is 0.323 e. The molecule has 9 nitrogen and oxygen atoms in total. The molecule has 1 aromatic heterocycles. The highest BCUT2D eigenvalue weighted by atomic mass is 19.3. The zero-order chi connectivity index (χ0) is 24.1. The van der Waals surface area contributed by atoms with Crippen molar-refractivity contribution < 1.29 is 43.1 Å². The van der Waals surface area contributed by atoms with Crippen LogP contribution in [0.4, 0.5) is 19.3 Å². The van der Waals surface area contributed by atoms with Gasteiger partial charge in [-0.3, -0.25) is 24.4 Å². The summed E-state index contributed by atoms with van der Waals surface area (Å²) in [5.41, 5.74) is 0.115. The third-order valence-corrected chi connectivity index (χ3v) is 4.73. The number of hydrogen-bond donors (Lipinski definition) is 1. The quantitative estimate of drug-likeness (QED) is 0.397. The van der Waals surface area contributed by atoms with Gasteiger partial charge >= 0.3 is 5.97 Å². The van der Waals surface area contributed by atoms with Gasteiger partial charge in [0.2, 0.25) is 11.5 Å². The lowest BCUT2D eigenvalue weighted by molar-refractivity contribution is -0.137. The fourth-order valence-corrected chi connectivity index (χ4v) is 3.26.